The molecule has 0 heterocycles. The Morgan fingerprint density at radius 1 is 1.39 bits per heavy atom. The lowest BCUT2D eigenvalue weighted by molar-refractivity contribution is 0.135. The molecule has 0 aliphatic rings. The first kappa shape index (κ1) is 15.6. The molecule has 0 saturated heterocycles. The van der Waals surface area contributed by atoms with Crippen LogP contribution in [0.25, 0.3) is 0 Å². The van der Waals surface area contributed by atoms with Gasteiger partial charge in [-0.1, -0.05) is 35.8 Å². The predicted octanol–water partition coefficient (Wildman–Crippen LogP) is 3.69. The number of hydrogen-bond acceptors (Lipinski definition) is 2. The van der Waals surface area contributed by atoms with Gasteiger partial charge in [0.25, 0.3) is 0 Å². The zero-order valence-corrected chi connectivity index (χ0v) is 12.8. The van der Waals surface area contributed by atoms with Crippen LogP contribution < -0.4 is 0 Å². The van der Waals surface area contributed by atoms with Crippen LogP contribution in [0.1, 0.15) is 19.4 Å². The second-order valence-electron chi connectivity index (χ2n) is 4.86. The number of rotatable bonds is 7. The molecule has 0 radical (unpaired) electrons. The van der Waals surface area contributed by atoms with Crippen LogP contribution in [0.15, 0.2) is 22.7 Å². The summed E-state index contributed by atoms with van der Waals surface area (Å²) in [5, 5.41) is 0. The van der Waals surface area contributed by atoms with Crippen LogP contribution in [0.5, 0.6) is 0 Å². The van der Waals surface area contributed by atoms with Crippen LogP contribution in [0.4, 0.5) is 4.39 Å². The first-order chi connectivity index (χ1) is 8.52. The van der Waals surface area contributed by atoms with E-state index in [1.807, 2.05) is 12.1 Å². The molecule has 18 heavy (non-hydrogen) atoms. The van der Waals surface area contributed by atoms with Gasteiger partial charge >= 0.3 is 0 Å². The van der Waals surface area contributed by atoms with Gasteiger partial charge in [-0.2, -0.15) is 0 Å². The van der Waals surface area contributed by atoms with Crippen LogP contribution in [-0.4, -0.2) is 31.7 Å². The van der Waals surface area contributed by atoms with E-state index >= 15 is 0 Å². The van der Waals surface area contributed by atoms with Gasteiger partial charge in [-0.25, -0.2) is 4.39 Å². The van der Waals surface area contributed by atoms with Crippen molar-refractivity contribution in [1.82, 2.24) is 4.90 Å². The lowest BCUT2D eigenvalue weighted by Crippen LogP contribution is -2.30. The minimum Gasteiger partial charge on any atom is -0.383 e. The molecule has 0 aromatic heterocycles. The summed E-state index contributed by atoms with van der Waals surface area (Å²) in [6.45, 7) is 7.39. The van der Waals surface area contributed by atoms with E-state index in [1.165, 1.54) is 6.07 Å². The highest BCUT2D eigenvalue weighted by molar-refractivity contribution is 9.10. The van der Waals surface area contributed by atoms with Crippen molar-refractivity contribution in [2.75, 3.05) is 26.8 Å². The van der Waals surface area contributed by atoms with Gasteiger partial charge in [0.2, 0.25) is 0 Å². The number of nitrogens with zero attached hydrogens (tertiary/aromatic N) is 1. The third kappa shape index (κ3) is 5.46. The van der Waals surface area contributed by atoms with Gasteiger partial charge in [0.1, 0.15) is 5.82 Å². The summed E-state index contributed by atoms with van der Waals surface area (Å²) in [4.78, 5) is 2.22. The molecule has 0 atom stereocenters. The zero-order chi connectivity index (χ0) is 13.5. The minimum absolute atomic E-state index is 0.157. The second kappa shape index (κ2) is 7.87. The van der Waals surface area contributed by atoms with Crippen molar-refractivity contribution in [3.63, 3.8) is 0 Å². The summed E-state index contributed by atoms with van der Waals surface area (Å²) in [5.41, 5.74) is 0.731. The Balaban J connectivity index is 2.68. The van der Waals surface area contributed by atoms with E-state index in [1.54, 1.807) is 7.11 Å². The molecule has 0 bridgehead atoms. The van der Waals surface area contributed by atoms with E-state index in [0.717, 1.165) is 23.1 Å². The molecular weight excluding hydrogens is 297 g/mol. The summed E-state index contributed by atoms with van der Waals surface area (Å²) in [6.07, 6.45) is 0. The molecule has 1 rings (SSSR count). The maximum atomic E-state index is 13.8. The number of hydrogen-bond donors (Lipinski definition) is 0. The maximum Gasteiger partial charge on any atom is 0.128 e. The summed E-state index contributed by atoms with van der Waals surface area (Å²) in [7, 11) is 1.69. The highest BCUT2D eigenvalue weighted by atomic mass is 79.9. The number of ether oxygens (including phenoxy) is 1. The Hall–Kier alpha value is -0.450. The van der Waals surface area contributed by atoms with Crippen molar-refractivity contribution in [1.29, 1.82) is 0 Å². The first-order valence-corrected chi connectivity index (χ1v) is 6.97. The Bertz CT molecular complexity index is 371. The second-order valence-corrected chi connectivity index (χ2v) is 5.77. The topological polar surface area (TPSA) is 12.5 Å². The van der Waals surface area contributed by atoms with Gasteiger partial charge in [0.15, 0.2) is 0 Å². The van der Waals surface area contributed by atoms with Crippen molar-refractivity contribution in [2.45, 2.75) is 20.4 Å². The van der Waals surface area contributed by atoms with Crippen molar-refractivity contribution in [3.05, 3.63) is 34.1 Å². The molecule has 4 heteroatoms. The molecule has 0 aliphatic heterocycles. The maximum absolute atomic E-state index is 13.8. The van der Waals surface area contributed by atoms with Gasteiger partial charge < -0.3 is 4.74 Å². The molecule has 102 valence electrons. The van der Waals surface area contributed by atoms with Crippen LogP contribution in [-0.2, 0) is 11.3 Å². The van der Waals surface area contributed by atoms with Crippen LogP contribution in [0.3, 0.4) is 0 Å². The van der Waals surface area contributed by atoms with E-state index in [4.69, 9.17) is 4.74 Å². The first-order valence-electron chi connectivity index (χ1n) is 6.18. The normalized spacial score (nSPS) is 11.5. The van der Waals surface area contributed by atoms with Crippen molar-refractivity contribution >= 4 is 15.9 Å². The molecule has 0 saturated carbocycles. The largest absolute Gasteiger partial charge is 0.383 e. The highest BCUT2D eigenvalue weighted by Crippen LogP contribution is 2.17. The summed E-state index contributed by atoms with van der Waals surface area (Å²) in [6, 6.07) is 5.22. The Kier molecular flexibility index (Phi) is 6.82. The minimum atomic E-state index is -0.157. The van der Waals surface area contributed by atoms with Crippen molar-refractivity contribution < 1.29 is 9.13 Å². The van der Waals surface area contributed by atoms with Crippen molar-refractivity contribution in [3.8, 4) is 0 Å². The van der Waals surface area contributed by atoms with E-state index in [2.05, 4.69) is 34.7 Å². The fourth-order valence-corrected chi connectivity index (χ4v) is 2.20. The molecule has 0 unspecified atom stereocenters. The molecule has 0 N–H and O–H groups in total. The fraction of sp³-hybridized carbons (Fsp3) is 0.571. The van der Waals surface area contributed by atoms with Gasteiger partial charge in [0.05, 0.1) is 6.61 Å². The van der Waals surface area contributed by atoms with E-state index < -0.39 is 0 Å². The van der Waals surface area contributed by atoms with Gasteiger partial charge in [0, 0.05) is 36.8 Å². The Morgan fingerprint density at radius 2 is 2.11 bits per heavy atom. The molecular formula is C14H21BrFNO. The monoisotopic (exact) mass is 317 g/mol. The highest BCUT2D eigenvalue weighted by Gasteiger charge is 2.11. The molecule has 1 aromatic rings. The molecule has 0 fully saturated rings. The Morgan fingerprint density at radius 3 is 2.67 bits per heavy atom. The Labute approximate surface area is 117 Å². The summed E-state index contributed by atoms with van der Waals surface area (Å²) < 4.78 is 19.7. The zero-order valence-electron chi connectivity index (χ0n) is 11.2. The van der Waals surface area contributed by atoms with Crippen molar-refractivity contribution in [2.24, 2.45) is 5.92 Å². The lowest BCUT2D eigenvalue weighted by Gasteiger charge is -2.24. The molecule has 2 nitrogen and oxygen atoms in total. The smallest absolute Gasteiger partial charge is 0.128 e. The fourth-order valence-electron chi connectivity index (χ4n) is 1.86. The van der Waals surface area contributed by atoms with Gasteiger partial charge in [-0.15, -0.1) is 0 Å². The average molecular weight is 318 g/mol. The molecule has 1 aromatic carbocycles. The van der Waals surface area contributed by atoms with Crippen LogP contribution in [0, 0.1) is 11.7 Å². The van der Waals surface area contributed by atoms with E-state index in [9.17, 15) is 4.39 Å². The lowest BCUT2D eigenvalue weighted by atomic mass is 10.1. The molecule has 0 amide bonds. The van der Waals surface area contributed by atoms with Crippen LogP contribution in [0.2, 0.25) is 0 Å². The standard InChI is InChI=1S/C14H21BrFNO/c1-11(2)9-17(6-7-18-3)10-12-4-5-13(15)8-14(12)16/h4-5,8,11H,6-7,9-10H2,1-3H3. The van der Waals surface area contributed by atoms with Gasteiger partial charge in [-0.3, -0.25) is 4.90 Å². The summed E-state index contributed by atoms with van der Waals surface area (Å²) >= 11 is 3.27. The third-order valence-corrected chi connectivity index (χ3v) is 3.14. The van der Waals surface area contributed by atoms with Gasteiger partial charge in [-0.05, 0) is 18.1 Å². The third-order valence-electron chi connectivity index (χ3n) is 2.64. The number of methoxy groups -OCH3 is 1. The van der Waals surface area contributed by atoms with E-state index in [-0.39, 0.29) is 5.82 Å². The molecule has 0 spiro atoms. The number of benzene rings is 1. The molecule has 0 aliphatic carbocycles. The average Bonchev–Trinajstić information content (AvgIpc) is 2.29. The SMILES string of the molecule is COCCN(Cc1ccc(Br)cc1F)CC(C)C. The predicted molar refractivity (Wildman–Crippen MR) is 76.1 cm³/mol. The summed E-state index contributed by atoms with van der Waals surface area (Å²) in [5.74, 6) is 0.399. The number of halogens is 2. The quantitative estimate of drug-likeness (QED) is 0.760. The van der Waals surface area contributed by atoms with E-state index in [0.29, 0.717) is 19.1 Å². The van der Waals surface area contributed by atoms with Crippen LogP contribution >= 0.6 is 15.9 Å².